The van der Waals surface area contributed by atoms with Crippen LogP contribution in [0.25, 0.3) is 0 Å². The lowest BCUT2D eigenvalue weighted by atomic mass is 10.1. The van der Waals surface area contributed by atoms with E-state index in [1.807, 2.05) is 24.7 Å². The fourth-order valence-corrected chi connectivity index (χ4v) is 2.59. The summed E-state index contributed by atoms with van der Waals surface area (Å²) in [4.78, 5) is 4.28. The van der Waals surface area contributed by atoms with Gasteiger partial charge in [0.05, 0.1) is 18.6 Å². The fraction of sp³-hybridized carbons (Fsp3) is 0.471. The second-order valence-corrected chi connectivity index (χ2v) is 6.69. The highest BCUT2D eigenvalue weighted by Gasteiger charge is 2.23. The summed E-state index contributed by atoms with van der Waals surface area (Å²) in [5.74, 6) is 1.02. The van der Waals surface area contributed by atoms with Crippen LogP contribution in [0.2, 0.25) is 0 Å². The van der Waals surface area contributed by atoms with Gasteiger partial charge in [0.25, 0.3) is 0 Å². The van der Waals surface area contributed by atoms with Crippen molar-refractivity contribution >= 4 is 0 Å². The van der Waals surface area contributed by atoms with Crippen LogP contribution in [0.1, 0.15) is 32.0 Å². The van der Waals surface area contributed by atoms with Crippen molar-refractivity contribution in [3.05, 3.63) is 48.0 Å². The van der Waals surface area contributed by atoms with Crippen LogP contribution in [-0.4, -0.2) is 21.2 Å². The molecule has 1 aromatic carbocycles. The maximum Gasteiger partial charge on any atom is 0.123 e. The van der Waals surface area contributed by atoms with Crippen LogP contribution in [0.5, 0.6) is 5.75 Å². The summed E-state index contributed by atoms with van der Waals surface area (Å²) >= 11 is 0. The van der Waals surface area contributed by atoms with E-state index < -0.39 is 0 Å². The summed E-state index contributed by atoms with van der Waals surface area (Å²) in [6, 6.07) is 8.29. The Bertz CT molecular complexity index is 587. The molecule has 1 aliphatic heterocycles. The summed E-state index contributed by atoms with van der Waals surface area (Å²) < 4.78 is 8.20. The predicted molar refractivity (Wildman–Crippen MR) is 83.4 cm³/mol. The number of hydrogen-bond acceptors (Lipinski definition) is 3. The second-order valence-electron chi connectivity index (χ2n) is 6.69. The molecular weight excluding hydrogens is 262 g/mol. The highest BCUT2D eigenvalue weighted by atomic mass is 16.5. The van der Waals surface area contributed by atoms with E-state index in [4.69, 9.17) is 4.74 Å². The zero-order valence-corrected chi connectivity index (χ0v) is 13.0. The number of rotatable bonds is 4. The maximum atomic E-state index is 6.01. The Morgan fingerprint density at radius 3 is 2.90 bits per heavy atom. The molecule has 1 N–H and O–H groups in total. The molecule has 0 fully saturated rings. The number of fused-ring (bicyclic) bond motifs is 1. The van der Waals surface area contributed by atoms with E-state index in [0.717, 1.165) is 25.3 Å². The molecule has 2 aromatic rings. The number of nitrogens with one attached hydrogen (secondary N) is 1. The largest absolute Gasteiger partial charge is 0.488 e. The molecule has 0 aliphatic carbocycles. The molecule has 4 heteroatoms. The summed E-state index contributed by atoms with van der Waals surface area (Å²) in [6.07, 6.45) is 5.00. The van der Waals surface area contributed by atoms with Crippen LogP contribution in [0.15, 0.2) is 36.8 Å². The third-order valence-electron chi connectivity index (χ3n) is 3.71. The molecule has 1 aliphatic rings. The van der Waals surface area contributed by atoms with Gasteiger partial charge in [0.1, 0.15) is 11.9 Å². The van der Waals surface area contributed by atoms with E-state index in [1.54, 1.807) is 0 Å². The summed E-state index contributed by atoms with van der Waals surface area (Å²) in [5, 5.41) is 3.51. The van der Waals surface area contributed by atoms with Crippen molar-refractivity contribution in [1.82, 2.24) is 14.9 Å². The lowest BCUT2D eigenvalue weighted by molar-refractivity contribution is 0.207. The lowest BCUT2D eigenvalue weighted by Gasteiger charge is -2.21. The summed E-state index contributed by atoms with van der Waals surface area (Å²) in [6.45, 7) is 8.18. The SMILES string of the molecule is CC(C)(C)NCc1cncn1CC1Cc2ccccc2O1. The Labute approximate surface area is 126 Å². The van der Waals surface area contributed by atoms with Crippen LogP contribution in [0, 0.1) is 0 Å². The third-order valence-corrected chi connectivity index (χ3v) is 3.71. The molecule has 0 spiro atoms. The van der Waals surface area contributed by atoms with Gasteiger partial charge in [-0.1, -0.05) is 18.2 Å². The molecule has 0 bridgehead atoms. The zero-order valence-electron chi connectivity index (χ0n) is 13.0. The normalized spacial score (nSPS) is 17.6. The van der Waals surface area contributed by atoms with Gasteiger partial charge < -0.3 is 14.6 Å². The minimum absolute atomic E-state index is 0.106. The molecule has 112 valence electrons. The number of imidazole rings is 1. The van der Waals surface area contributed by atoms with Gasteiger partial charge in [-0.25, -0.2) is 4.98 Å². The molecule has 4 nitrogen and oxygen atoms in total. The van der Waals surface area contributed by atoms with Crippen molar-refractivity contribution in [2.75, 3.05) is 0 Å². The average Bonchev–Trinajstić information content (AvgIpc) is 3.01. The molecule has 1 unspecified atom stereocenters. The Hall–Kier alpha value is -1.81. The standard InChI is InChI=1S/C17H23N3O/c1-17(2,3)19-10-14-9-18-12-20(14)11-15-8-13-6-4-5-7-16(13)21-15/h4-7,9,12,15,19H,8,10-11H2,1-3H3. The quantitative estimate of drug-likeness (QED) is 0.939. The van der Waals surface area contributed by atoms with Crippen molar-refractivity contribution in [3.8, 4) is 5.75 Å². The number of hydrogen-bond donors (Lipinski definition) is 1. The average molecular weight is 285 g/mol. The minimum Gasteiger partial charge on any atom is -0.488 e. The van der Waals surface area contributed by atoms with Gasteiger partial charge in [0.2, 0.25) is 0 Å². The highest BCUT2D eigenvalue weighted by Crippen LogP contribution is 2.28. The molecule has 1 aromatic heterocycles. The topological polar surface area (TPSA) is 39.1 Å². The number of ether oxygens (including phenoxy) is 1. The Morgan fingerprint density at radius 2 is 2.14 bits per heavy atom. The van der Waals surface area contributed by atoms with Gasteiger partial charge in [0.15, 0.2) is 0 Å². The van der Waals surface area contributed by atoms with E-state index >= 15 is 0 Å². The molecule has 0 radical (unpaired) electrons. The van der Waals surface area contributed by atoms with Crippen LogP contribution < -0.4 is 10.1 Å². The first-order chi connectivity index (χ1) is 10.0. The van der Waals surface area contributed by atoms with Crippen LogP contribution in [0.4, 0.5) is 0 Å². The van der Waals surface area contributed by atoms with E-state index in [2.05, 4.69) is 47.8 Å². The minimum atomic E-state index is 0.106. The molecule has 0 amide bonds. The Morgan fingerprint density at radius 1 is 1.33 bits per heavy atom. The van der Waals surface area contributed by atoms with Crippen LogP contribution in [0.3, 0.4) is 0 Å². The van der Waals surface area contributed by atoms with Crippen molar-refractivity contribution in [2.45, 2.75) is 51.9 Å². The van der Waals surface area contributed by atoms with Crippen molar-refractivity contribution in [1.29, 1.82) is 0 Å². The van der Waals surface area contributed by atoms with Gasteiger partial charge in [0, 0.05) is 24.7 Å². The fourth-order valence-electron chi connectivity index (χ4n) is 2.59. The van der Waals surface area contributed by atoms with Crippen LogP contribution >= 0.6 is 0 Å². The lowest BCUT2D eigenvalue weighted by Crippen LogP contribution is -2.36. The first-order valence-corrected chi connectivity index (χ1v) is 7.50. The zero-order chi connectivity index (χ0) is 14.9. The summed E-state index contributed by atoms with van der Waals surface area (Å²) in [7, 11) is 0. The Balaban J connectivity index is 1.63. The van der Waals surface area contributed by atoms with Gasteiger partial charge in [-0.15, -0.1) is 0 Å². The number of para-hydroxylation sites is 1. The predicted octanol–water partition coefficient (Wildman–Crippen LogP) is 2.77. The first kappa shape index (κ1) is 14.1. The smallest absolute Gasteiger partial charge is 0.123 e. The second kappa shape index (κ2) is 5.53. The molecule has 0 saturated heterocycles. The molecule has 21 heavy (non-hydrogen) atoms. The molecule has 1 atom stereocenters. The number of aromatic nitrogens is 2. The van der Waals surface area contributed by atoms with Crippen LogP contribution in [-0.2, 0) is 19.5 Å². The van der Waals surface area contributed by atoms with Gasteiger partial charge in [-0.2, -0.15) is 0 Å². The molecule has 3 rings (SSSR count). The van der Waals surface area contributed by atoms with Gasteiger partial charge in [-0.05, 0) is 32.4 Å². The van der Waals surface area contributed by atoms with Crippen molar-refractivity contribution < 1.29 is 4.74 Å². The van der Waals surface area contributed by atoms with Crippen molar-refractivity contribution in [2.24, 2.45) is 0 Å². The number of benzene rings is 1. The van der Waals surface area contributed by atoms with Gasteiger partial charge >= 0.3 is 0 Å². The number of nitrogens with zero attached hydrogens (tertiary/aromatic N) is 2. The third kappa shape index (κ3) is 3.45. The van der Waals surface area contributed by atoms with E-state index in [1.165, 1.54) is 11.3 Å². The molecular formula is C17H23N3O. The van der Waals surface area contributed by atoms with E-state index in [0.29, 0.717) is 0 Å². The van der Waals surface area contributed by atoms with E-state index in [-0.39, 0.29) is 11.6 Å². The van der Waals surface area contributed by atoms with E-state index in [9.17, 15) is 0 Å². The van der Waals surface area contributed by atoms with Gasteiger partial charge in [-0.3, -0.25) is 0 Å². The first-order valence-electron chi connectivity index (χ1n) is 7.50. The Kier molecular flexibility index (Phi) is 3.72. The summed E-state index contributed by atoms with van der Waals surface area (Å²) in [5.41, 5.74) is 2.61. The monoisotopic (exact) mass is 285 g/mol. The maximum absolute atomic E-state index is 6.01. The molecule has 0 saturated carbocycles. The van der Waals surface area contributed by atoms with Crippen molar-refractivity contribution in [3.63, 3.8) is 0 Å². The highest BCUT2D eigenvalue weighted by molar-refractivity contribution is 5.37. The molecule has 2 heterocycles.